The highest BCUT2D eigenvalue weighted by atomic mass is 35.5. The maximum Gasteiger partial charge on any atom is 0.243 e. The number of sulfonamides is 1. The van der Waals surface area contributed by atoms with Gasteiger partial charge in [-0.05, 0) is 30.5 Å². The number of nitrogen functional groups attached to an aromatic ring is 1. The molecule has 21 heavy (non-hydrogen) atoms. The molecule has 1 aromatic rings. The van der Waals surface area contributed by atoms with Crippen LogP contribution in [0.25, 0.3) is 0 Å². The topological polar surface area (TPSA) is 72.6 Å². The molecule has 120 valence electrons. The second kappa shape index (κ2) is 7.45. The van der Waals surface area contributed by atoms with Crippen molar-refractivity contribution in [1.29, 1.82) is 0 Å². The van der Waals surface area contributed by atoms with Gasteiger partial charge in [-0.1, -0.05) is 25.4 Å². The van der Waals surface area contributed by atoms with E-state index in [-0.39, 0.29) is 10.8 Å². The Bertz CT molecular complexity index is 588. The highest BCUT2D eigenvalue weighted by Crippen LogP contribution is 2.28. The molecule has 2 N–H and O–H groups in total. The van der Waals surface area contributed by atoms with Gasteiger partial charge in [0.15, 0.2) is 0 Å². The molecule has 5 nitrogen and oxygen atoms in total. The first-order chi connectivity index (χ1) is 9.70. The third-order valence-electron chi connectivity index (χ3n) is 3.10. The Labute approximate surface area is 132 Å². The summed E-state index contributed by atoms with van der Waals surface area (Å²) >= 11 is 5.96. The molecule has 0 saturated carbocycles. The molecule has 1 rings (SSSR count). The molecule has 0 amide bonds. The number of nitrogens with zero attached hydrogens (tertiary/aromatic N) is 1. The number of benzene rings is 1. The Hall–Kier alpha value is -0.820. The summed E-state index contributed by atoms with van der Waals surface area (Å²) in [4.78, 5) is 0.157. The van der Waals surface area contributed by atoms with Crippen LogP contribution in [0.3, 0.4) is 0 Å². The van der Waals surface area contributed by atoms with Crippen molar-refractivity contribution < 1.29 is 13.2 Å². The molecule has 0 unspecified atom stereocenters. The maximum atomic E-state index is 12.9. The number of methoxy groups -OCH3 is 1. The first kappa shape index (κ1) is 18.2. The van der Waals surface area contributed by atoms with E-state index in [0.29, 0.717) is 36.0 Å². The lowest BCUT2D eigenvalue weighted by Gasteiger charge is -2.25. The Kier molecular flexibility index (Phi) is 6.46. The lowest BCUT2D eigenvalue weighted by Crippen LogP contribution is -2.37. The number of hydrogen-bond donors (Lipinski definition) is 1. The zero-order chi connectivity index (χ0) is 16.2. The van der Waals surface area contributed by atoms with E-state index in [9.17, 15) is 8.42 Å². The summed E-state index contributed by atoms with van der Waals surface area (Å²) in [5.74, 6) is 0.202. The van der Waals surface area contributed by atoms with Crippen LogP contribution in [0.5, 0.6) is 0 Å². The van der Waals surface area contributed by atoms with E-state index in [0.717, 1.165) is 0 Å². The molecule has 0 spiro atoms. The Morgan fingerprint density at radius 3 is 2.52 bits per heavy atom. The number of halogens is 1. The average Bonchev–Trinajstić information content (AvgIpc) is 2.38. The number of nitrogens with two attached hydrogens (primary N) is 1. The first-order valence-corrected chi connectivity index (χ1v) is 8.56. The van der Waals surface area contributed by atoms with E-state index in [4.69, 9.17) is 22.1 Å². The fraction of sp³-hybridized carbons (Fsp3) is 0.571. The molecule has 0 heterocycles. The fourth-order valence-electron chi connectivity index (χ4n) is 1.99. The van der Waals surface area contributed by atoms with Crippen LogP contribution in [0.4, 0.5) is 5.69 Å². The van der Waals surface area contributed by atoms with Crippen molar-refractivity contribution in [1.82, 2.24) is 4.31 Å². The minimum absolute atomic E-state index is 0.157. The number of anilines is 1. The van der Waals surface area contributed by atoms with E-state index in [1.807, 2.05) is 13.8 Å². The Balaban J connectivity index is 3.28. The lowest BCUT2D eigenvalue weighted by molar-refractivity contribution is 0.175. The van der Waals surface area contributed by atoms with Crippen LogP contribution < -0.4 is 5.73 Å². The fourth-order valence-corrected chi connectivity index (χ4v) is 4.15. The van der Waals surface area contributed by atoms with Crippen molar-refractivity contribution in [3.05, 3.63) is 22.7 Å². The third kappa shape index (κ3) is 4.57. The molecule has 0 bridgehead atoms. The number of rotatable bonds is 7. The minimum Gasteiger partial charge on any atom is -0.398 e. The van der Waals surface area contributed by atoms with Crippen molar-refractivity contribution in [2.24, 2.45) is 5.92 Å². The number of hydrogen-bond acceptors (Lipinski definition) is 4. The van der Waals surface area contributed by atoms with Crippen LogP contribution >= 0.6 is 11.6 Å². The molecular formula is C14H23ClN2O3S. The maximum absolute atomic E-state index is 12.9. The van der Waals surface area contributed by atoms with Crippen molar-refractivity contribution >= 4 is 27.3 Å². The van der Waals surface area contributed by atoms with Crippen LogP contribution in [0.2, 0.25) is 5.02 Å². The zero-order valence-corrected chi connectivity index (χ0v) is 14.5. The normalized spacial score (nSPS) is 12.3. The van der Waals surface area contributed by atoms with E-state index in [1.54, 1.807) is 20.1 Å². The molecule has 0 aliphatic heterocycles. The molecule has 0 aromatic heterocycles. The van der Waals surface area contributed by atoms with Crippen molar-refractivity contribution in [3.63, 3.8) is 0 Å². The smallest absolute Gasteiger partial charge is 0.243 e. The summed E-state index contributed by atoms with van der Waals surface area (Å²) in [7, 11) is -2.11. The van der Waals surface area contributed by atoms with Gasteiger partial charge in [0.05, 0.1) is 11.5 Å². The van der Waals surface area contributed by atoms with Crippen molar-refractivity contribution in [3.8, 4) is 0 Å². The molecule has 0 atom stereocenters. The minimum atomic E-state index is -3.66. The van der Waals surface area contributed by atoms with E-state index in [1.165, 1.54) is 10.4 Å². The van der Waals surface area contributed by atoms with Crippen LogP contribution in [-0.2, 0) is 14.8 Å². The Morgan fingerprint density at radius 1 is 1.38 bits per heavy atom. The SMILES string of the molecule is COCCN(CC(C)C)S(=O)(=O)c1cc(Cl)cc(N)c1C. The van der Waals surface area contributed by atoms with Gasteiger partial charge in [-0.3, -0.25) is 0 Å². The molecule has 0 aliphatic carbocycles. The van der Waals surface area contributed by atoms with Crippen LogP contribution in [-0.4, -0.2) is 39.5 Å². The molecule has 0 saturated heterocycles. The predicted molar refractivity (Wildman–Crippen MR) is 86.1 cm³/mol. The van der Waals surface area contributed by atoms with Gasteiger partial charge in [-0.25, -0.2) is 8.42 Å². The summed E-state index contributed by atoms with van der Waals surface area (Å²) in [6.45, 7) is 6.66. The molecule has 0 fully saturated rings. The summed E-state index contributed by atoms with van der Waals surface area (Å²) in [5.41, 5.74) is 6.72. The summed E-state index contributed by atoms with van der Waals surface area (Å²) in [6, 6.07) is 3.00. The van der Waals surface area contributed by atoms with Gasteiger partial charge >= 0.3 is 0 Å². The highest BCUT2D eigenvalue weighted by Gasteiger charge is 2.27. The molecule has 1 aromatic carbocycles. The first-order valence-electron chi connectivity index (χ1n) is 6.74. The molecule has 7 heteroatoms. The van der Waals surface area contributed by atoms with Gasteiger partial charge in [0.25, 0.3) is 0 Å². The number of ether oxygens (including phenoxy) is 1. The second-order valence-electron chi connectivity index (χ2n) is 5.37. The monoisotopic (exact) mass is 334 g/mol. The predicted octanol–water partition coefficient (Wildman–Crippen LogP) is 2.52. The largest absolute Gasteiger partial charge is 0.398 e. The summed E-state index contributed by atoms with van der Waals surface area (Å²) in [6.07, 6.45) is 0. The molecular weight excluding hydrogens is 312 g/mol. The second-order valence-corrected chi connectivity index (χ2v) is 7.71. The van der Waals surface area contributed by atoms with Gasteiger partial charge in [-0.2, -0.15) is 4.31 Å². The van der Waals surface area contributed by atoms with Crippen molar-refractivity contribution in [2.75, 3.05) is 32.5 Å². The van der Waals surface area contributed by atoms with Gasteiger partial charge in [0.2, 0.25) is 10.0 Å². The average molecular weight is 335 g/mol. The van der Waals surface area contributed by atoms with Gasteiger partial charge in [0, 0.05) is 30.9 Å². The molecule has 0 radical (unpaired) electrons. The van der Waals surface area contributed by atoms with E-state index in [2.05, 4.69) is 0 Å². The highest BCUT2D eigenvalue weighted by molar-refractivity contribution is 7.89. The lowest BCUT2D eigenvalue weighted by atomic mass is 10.2. The van der Waals surface area contributed by atoms with Gasteiger partial charge in [0.1, 0.15) is 0 Å². The molecule has 0 aliphatic rings. The zero-order valence-electron chi connectivity index (χ0n) is 12.9. The summed E-state index contributed by atoms with van der Waals surface area (Å²) in [5, 5.41) is 0.313. The Morgan fingerprint density at radius 2 is 2.00 bits per heavy atom. The van der Waals surface area contributed by atoms with Crippen LogP contribution in [0.1, 0.15) is 19.4 Å². The summed E-state index contributed by atoms with van der Waals surface area (Å²) < 4.78 is 32.1. The third-order valence-corrected chi connectivity index (χ3v) is 5.31. The quantitative estimate of drug-likeness (QED) is 0.778. The van der Waals surface area contributed by atoms with Gasteiger partial charge in [-0.15, -0.1) is 0 Å². The van der Waals surface area contributed by atoms with Crippen LogP contribution in [0, 0.1) is 12.8 Å². The van der Waals surface area contributed by atoms with Crippen molar-refractivity contribution in [2.45, 2.75) is 25.7 Å². The van der Waals surface area contributed by atoms with Crippen LogP contribution in [0.15, 0.2) is 17.0 Å². The van der Waals surface area contributed by atoms with E-state index >= 15 is 0 Å². The van der Waals surface area contributed by atoms with Gasteiger partial charge < -0.3 is 10.5 Å². The standard InChI is InChI=1S/C14H23ClN2O3S/c1-10(2)9-17(5-6-20-4)21(18,19)14-8-12(15)7-13(16)11(14)3/h7-8,10H,5-6,9,16H2,1-4H3. The van der Waals surface area contributed by atoms with E-state index < -0.39 is 10.0 Å².